The van der Waals surface area contributed by atoms with E-state index in [4.69, 9.17) is 28.4 Å². The number of rotatable bonds is 16. The number of methoxy groups -OCH3 is 1. The molecule has 0 radical (unpaired) electrons. The van der Waals surface area contributed by atoms with Crippen LogP contribution in [0.4, 0.5) is 52.7 Å². The van der Waals surface area contributed by atoms with E-state index in [0.29, 0.717) is 19.4 Å². The van der Waals surface area contributed by atoms with Crippen LogP contribution >= 0.6 is 47.8 Å². The lowest BCUT2D eigenvalue weighted by atomic mass is 9.35. The molecule has 71 heavy (non-hydrogen) atoms. The Bertz CT molecular complexity index is 1940. The number of carbonyl (C=O) groups excluding carboxylic acids is 2. The Labute approximate surface area is 427 Å². The Balaban J connectivity index is 1.25. The molecule has 3 saturated heterocycles. The Hall–Kier alpha value is -0.580. The van der Waals surface area contributed by atoms with Crippen molar-refractivity contribution in [2.45, 2.75) is 174 Å². The molecule has 0 aromatic carbocycles. The molecule has 0 aromatic heterocycles. The highest BCUT2D eigenvalue weighted by atomic mass is 80.0. The number of esters is 2. The molecule has 1 N–H and O–H groups in total. The molecule has 8 rings (SSSR count). The predicted octanol–water partition coefficient (Wildman–Crippen LogP) is 11.8. The van der Waals surface area contributed by atoms with Crippen LogP contribution in [0, 0.1) is 64.1 Å². The van der Waals surface area contributed by atoms with Crippen molar-refractivity contribution in [2.24, 2.45) is 64.1 Å². The maximum Gasteiger partial charge on any atom is 0.453 e. The number of halogens is 15. The van der Waals surface area contributed by atoms with Gasteiger partial charge in [0.2, 0.25) is 5.79 Å². The number of aliphatic hydroxyl groups is 1. The van der Waals surface area contributed by atoms with E-state index in [1.165, 1.54) is 0 Å². The topological polar surface area (TPSA) is 128 Å². The minimum absolute atomic E-state index is 0.0502. The smallest absolute Gasteiger partial charge is 0.393 e. The van der Waals surface area contributed by atoms with Gasteiger partial charge in [-0.25, -0.2) is 0 Å². The molecular formula is C45H59Br3F12O11. The van der Waals surface area contributed by atoms with Gasteiger partial charge >= 0.3 is 48.2 Å². The Kier molecular flexibility index (Phi) is 15.4. The molecule has 0 aromatic rings. The summed E-state index contributed by atoms with van der Waals surface area (Å²) in [6, 6.07) is 0. The maximum atomic E-state index is 15.0. The second-order valence-corrected chi connectivity index (χ2v) is 28.9. The van der Waals surface area contributed by atoms with Crippen molar-refractivity contribution in [3.05, 3.63) is 0 Å². The Morgan fingerprint density at radius 3 is 1.86 bits per heavy atom. The SMILES string of the molecule is COCCOC(OC(C)(C)C12CC3CC(C(C)CC4C(=O)OC(=O)C4C4C5CC(C4C)C(OC4CCCCO4)(C(Br)(Br)Br)O5)(CC(C1)C3C(C)(C)OC(O)(C(F)(F)F)C(F)(F)F)C2)(C(F)(F)F)C(F)(F)F. The fourth-order valence-corrected chi connectivity index (χ4v) is 16.0. The van der Waals surface area contributed by atoms with Crippen LogP contribution in [0.15, 0.2) is 0 Å². The first kappa shape index (κ1) is 58.1. The number of cyclic esters (lactones) is 2. The quantitative estimate of drug-likeness (QED) is 0.0396. The fraction of sp³-hybridized carbons (Fsp3) is 0.956. The highest BCUT2D eigenvalue weighted by Gasteiger charge is 2.80. The van der Waals surface area contributed by atoms with Crippen molar-refractivity contribution in [1.82, 2.24) is 0 Å². The van der Waals surface area contributed by atoms with Gasteiger partial charge in [-0.05, 0) is 127 Å². The van der Waals surface area contributed by atoms with Crippen LogP contribution in [0.25, 0.3) is 0 Å². The van der Waals surface area contributed by atoms with Gasteiger partial charge in [0.1, 0.15) is 0 Å². The van der Waals surface area contributed by atoms with Gasteiger partial charge in [-0.2, -0.15) is 52.7 Å². The maximum absolute atomic E-state index is 15.0. The first-order valence-electron chi connectivity index (χ1n) is 23.5. The standard InChI is InChI=1S/C45H59Br3F12O11/c1-21(14-25-30(33(62)67-32(25)61)29-22(2)26-15-27(29)68-38(26,41(46,47)48)69-28-10-8-9-11-65-28)36-16-23-18-37(20-36,35(5,6)71-40(44(55,56)57,45(58,59)60)66-13-12-64-7)19-24(17-36)31(23)34(3,4)70-39(63,42(49,50)51)43(52,53)54/h21-31,63H,8-20H2,1-7H3. The van der Waals surface area contributed by atoms with Crippen molar-refractivity contribution in [1.29, 1.82) is 0 Å². The predicted molar refractivity (Wildman–Crippen MR) is 233 cm³/mol. The molecule has 0 spiro atoms. The Morgan fingerprint density at radius 1 is 0.803 bits per heavy atom. The van der Waals surface area contributed by atoms with Crippen LogP contribution in [-0.2, 0) is 47.5 Å². The molecule has 410 valence electrons. The minimum Gasteiger partial charge on any atom is -0.393 e. The highest BCUT2D eigenvalue weighted by molar-refractivity contribution is 9.39. The van der Waals surface area contributed by atoms with Crippen molar-refractivity contribution in [3.63, 3.8) is 0 Å². The van der Waals surface area contributed by atoms with Crippen LogP contribution in [-0.4, -0.2) is 112 Å². The van der Waals surface area contributed by atoms with Gasteiger partial charge in [-0.15, -0.1) is 0 Å². The van der Waals surface area contributed by atoms with Gasteiger partial charge in [0, 0.05) is 31.0 Å². The summed E-state index contributed by atoms with van der Waals surface area (Å²) in [5.41, 5.74) is -7.84. The zero-order chi connectivity index (χ0) is 53.4. The van der Waals surface area contributed by atoms with Crippen molar-refractivity contribution >= 4 is 59.7 Å². The molecule has 0 amide bonds. The highest BCUT2D eigenvalue weighted by Crippen LogP contribution is 2.75. The molecule has 8 aliphatic rings. The van der Waals surface area contributed by atoms with Crippen LogP contribution < -0.4 is 0 Å². The van der Waals surface area contributed by atoms with E-state index in [9.17, 15) is 67.4 Å². The molecule has 11 atom stereocenters. The second-order valence-electron chi connectivity index (χ2n) is 22.1. The summed E-state index contributed by atoms with van der Waals surface area (Å²) in [7, 11) is 1.02. The number of hydrogen-bond donors (Lipinski definition) is 1. The first-order chi connectivity index (χ1) is 32.2. The van der Waals surface area contributed by atoms with E-state index < -0.39 is 151 Å². The van der Waals surface area contributed by atoms with E-state index >= 15 is 0 Å². The van der Waals surface area contributed by atoms with Gasteiger partial charge in [0.15, 0.2) is 8.43 Å². The van der Waals surface area contributed by atoms with Crippen molar-refractivity contribution in [3.8, 4) is 0 Å². The summed E-state index contributed by atoms with van der Waals surface area (Å²) >= 11 is 10.8. The normalized spacial score (nSPS) is 37.8. The summed E-state index contributed by atoms with van der Waals surface area (Å²) in [5.74, 6) is -21.8. The molecule has 8 fully saturated rings. The molecule has 11 nitrogen and oxygen atoms in total. The van der Waals surface area contributed by atoms with Crippen molar-refractivity contribution < 1.29 is 105 Å². The van der Waals surface area contributed by atoms with E-state index in [-0.39, 0.29) is 44.4 Å². The second kappa shape index (κ2) is 18.8. The Morgan fingerprint density at radius 2 is 1.38 bits per heavy atom. The van der Waals surface area contributed by atoms with Gasteiger partial charge in [-0.1, -0.05) is 61.6 Å². The summed E-state index contributed by atoms with van der Waals surface area (Å²) in [6.45, 7) is 5.98. The molecular weight excluding hydrogens is 1180 g/mol. The summed E-state index contributed by atoms with van der Waals surface area (Å²) in [6.07, 6.45) is -25.0. The van der Waals surface area contributed by atoms with Crippen molar-refractivity contribution in [2.75, 3.05) is 26.9 Å². The molecule has 3 heterocycles. The van der Waals surface area contributed by atoms with E-state index in [2.05, 4.69) is 57.3 Å². The number of fused-ring (bicyclic) bond motifs is 2. The minimum atomic E-state index is -6.40. The number of carbonyl (C=O) groups is 2. The summed E-state index contributed by atoms with van der Waals surface area (Å²) in [4.78, 5) is 27.8. The molecule has 5 aliphatic carbocycles. The number of alkyl halides is 15. The lowest BCUT2D eigenvalue weighted by molar-refractivity contribution is -0.496. The van der Waals surface area contributed by atoms with Crippen LogP contribution in [0.2, 0.25) is 0 Å². The molecule has 11 unspecified atom stereocenters. The number of hydrogen-bond acceptors (Lipinski definition) is 11. The third kappa shape index (κ3) is 9.59. The fourth-order valence-electron chi connectivity index (χ4n) is 14.6. The van der Waals surface area contributed by atoms with Gasteiger partial charge in [0.05, 0.1) is 42.4 Å². The lowest BCUT2D eigenvalue weighted by Gasteiger charge is -2.71. The van der Waals surface area contributed by atoms with Crippen LogP contribution in [0.3, 0.4) is 0 Å². The molecule has 3 aliphatic heterocycles. The molecule has 5 saturated carbocycles. The van der Waals surface area contributed by atoms with E-state index in [0.717, 1.165) is 47.6 Å². The third-order valence-electron chi connectivity index (χ3n) is 17.4. The average Bonchev–Trinajstić information content (AvgIpc) is 3.82. The average molecular weight is 1240 g/mol. The largest absolute Gasteiger partial charge is 0.453 e. The number of ether oxygens (including phenoxy) is 8. The van der Waals surface area contributed by atoms with Gasteiger partial charge < -0.3 is 43.0 Å². The van der Waals surface area contributed by atoms with Gasteiger partial charge in [-0.3, -0.25) is 9.59 Å². The van der Waals surface area contributed by atoms with Crippen LogP contribution in [0.1, 0.15) is 106 Å². The molecule has 26 heteroatoms. The first-order valence-corrected chi connectivity index (χ1v) is 25.9. The lowest BCUT2D eigenvalue weighted by Crippen LogP contribution is -2.71. The van der Waals surface area contributed by atoms with E-state index in [1.54, 1.807) is 6.92 Å². The van der Waals surface area contributed by atoms with Gasteiger partial charge in [0.25, 0.3) is 0 Å². The summed E-state index contributed by atoms with van der Waals surface area (Å²) < 4.78 is 218. The van der Waals surface area contributed by atoms with E-state index in [1.807, 2.05) is 6.92 Å². The summed E-state index contributed by atoms with van der Waals surface area (Å²) in [5, 5.41) is 10.3. The zero-order valence-electron chi connectivity index (χ0n) is 39.7. The molecule has 6 bridgehead atoms. The third-order valence-corrected chi connectivity index (χ3v) is 19.1. The monoisotopic (exact) mass is 1240 g/mol. The van der Waals surface area contributed by atoms with Crippen LogP contribution in [0.5, 0.6) is 0 Å². The zero-order valence-corrected chi connectivity index (χ0v) is 44.5.